The van der Waals surface area contributed by atoms with Gasteiger partial charge in [-0.3, -0.25) is 9.59 Å². The molecule has 19 heavy (non-hydrogen) atoms. The van der Waals surface area contributed by atoms with Crippen LogP contribution in [0.15, 0.2) is 22.7 Å². The van der Waals surface area contributed by atoms with Gasteiger partial charge in [-0.05, 0) is 41.1 Å². The predicted molar refractivity (Wildman–Crippen MR) is 78.8 cm³/mol. The highest BCUT2D eigenvalue weighted by atomic mass is 79.9. The second-order valence-corrected chi connectivity index (χ2v) is 5.20. The maximum Gasteiger partial charge on any atom is 0.254 e. The van der Waals surface area contributed by atoms with Crippen molar-refractivity contribution >= 4 is 33.4 Å². The van der Waals surface area contributed by atoms with Crippen LogP contribution in [0.3, 0.4) is 0 Å². The lowest BCUT2D eigenvalue weighted by atomic mass is 10.2. The van der Waals surface area contributed by atoms with Crippen LogP contribution in [0.1, 0.15) is 17.3 Å². The SMILES string of the molecule is CCN(CC(=O)N(C)C)C(=O)c1ccc(N)c(Br)c1. The zero-order valence-corrected chi connectivity index (χ0v) is 12.9. The highest BCUT2D eigenvalue weighted by molar-refractivity contribution is 9.10. The molecule has 1 rings (SSSR count). The van der Waals surface area contributed by atoms with E-state index in [1.165, 1.54) is 9.80 Å². The Morgan fingerprint density at radius 1 is 1.32 bits per heavy atom. The van der Waals surface area contributed by atoms with Crippen molar-refractivity contribution in [3.63, 3.8) is 0 Å². The summed E-state index contributed by atoms with van der Waals surface area (Å²) in [6, 6.07) is 4.99. The number of anilines is 1. The molecule has 0 radical (unpaired) electrons. The summed E-state index contributed by atoms with van der Waals surface area (Å²) in [6.07, 6.45) is 0. The Kier molecular flexibility index (Phi) is 5.35. The first kappa shape index (κ1) is 15.5. The number of nitrogen functional groups attached to an aromatic ring is 1. The predicted octanol–water partition coefficient (Wildman–Crippen LogP) is 1.58. The van der Waals surface area contributed by atoms with E-state index in [0.29, 0.717) is 22.3 Å². The largest absolute Gasteiger partial charge is 0.398 e. The standard InChI is InChI=1S/C13H18BrN3O2/c1-4-17(8-12(18)16(2)3)13(19)9-5-6-11(15)10(14)7-9/h5-7H,4,8,15H2,1-3H3. The molecule has 6 heteroatoms. The van der Waals surface area contributed by atoms with Gasteiger partial charge in [0.05, 0.1) is 6.54 Å². The molecule has 0 spiro atoms. The third kappa shape index (κ3) is 3.96. The monoisotopic (exact) mass is 327 g/mol. The normalized spacial score (nSPS) is 10.1. The minimum atomic E-state index is -0.182. The third-order valence-corrected chi connectivity index (χ3v) is 3.43. The minimum Gasteiger partial charge on any atom is -0.398 e. The van der Waals surface area contributed by atoms with E-state index in [1.54, 1.807) is 32.3 Å². The number of amides is 2. The maximum atomic E-state index is 12.3. The number of nitrogens with two attached hydrogens (primary N) is 1. The zero-order valence-electron chi connectivity index (χ0n) is 11.3. The molecule has 0 aliphatic heterocycles. The fourth-order valence-electron chi connectivity index (χ4n) is 1.47. The van der Waals surface area contributed by atoms with Crippen molar-refractivity contribution in [3.8, 4) is 0 Å². The van der Waals surface area contributed by atoms with Crippen LogP contribution in [0.4, 0.5) is 5.69 Å². The summed E-state index contributed by atoms with van der Waals surface area (Å²) in [5.74, 6) is -0.289. The summed E-state index contributed by atoms with van der Waals surface area (Å²) < 4.78 is 0.674. The zero-order chi connectivity index (χ0) is 14.6. The highest BCUT2D eigenvalue weighted by Gasteiger charge is 2.18. The van der Waals surface area contributed by atoms with E-state index in [-0.39, 0.29) is 18.4 Å². The number of nitrogens with zero attached hydrogens (tertiary/aromatic N) is 2. The third-order valence-electron chi connectivity index (χ3n) is 2.74. The number of rotatable bonds is 4. The van der Waals surface area contributed by atoms with E-state index < -0.39 is 0 Å². The number of likely N-dealkylation sites (N-methyl/N-ethyl adjacent to an activating group) is 2. The summed E-state index contributed by atoms with van der Waals surface area (Å²) in [5, 5.41) is 0. The topological polar surface area (TPSA) is 66.6 Å². The van der Waals surface area contributed by atoms with Crippen molar-refractivity contribution in [2.24, 2.45) is 0 Å². The molecule has 0 saturated heterocycles. The van der Waals surface area contributed by atoms with Gasteiger partial charge in [0.25, 0.3) is 5.91 Å². The molecule has 0 aliphatic rings. The van der Waals surface area contributed by atoms with Crippen LogP contribution >= 0.6 is 15.9 Å². The average molecular weight is 328 g/mol. The highest BCUT2D eigenvalue weighted by Crippen LogP contribution is 2.21. The minimum absolute atomic E-state index is 0.0737. The molecule has 2 N–H and O–H groups in total. The molecular formula is C13H18BrN3O2. The molecule has 0 aliphatic carbocycles. The Morgan fingerprint density at radius 3 is 2.42 bits per heavy atom. The molecule has 1 aromatic rings. The number of carbonyl (C=O) groups excluding carboxylic acids is 2. The number of carbonyl (C=O) groups is 2. The average Bonchev–Trinajstić information content (AvgIpc) is 2.37. The summed E-state index contributed by atoms with van der Waals surface area (Å²) in [4.78, 5) is 26.9. The lowest BCUT2D eigenvalue weighted by molar-refractivity contribution is -0.129. The summed E-state index contributed by atoms with van der Waals surface area (Å²) in [7, 11) is 3.33. The lowest BCUT2D eigenvalue weighted by Gasteiger charge is -2.22. The molecule has 0 bridgehead atoms. The van der Waals surface area contributed by atoms with Gasteiger partial charge in [0.2, 0.25) is 5.91 Å². The van der Waals surface area contributed by atoms with Crippen molar-refractivity contribution in [2.45, 2.75) is 6.92 Å². The van der Waals surface area contributed by atoms with Gasteiger partial charge in [-0.2, -0.15) is 0 Å². The molecule has 0 fully saturated rings. The Morgan fingerprint density at radius 2 is 1.95 bits per heavy atom. The Hall–Kier alpha value is -1.56. The van der Waals surface area contributed by atoms with Gasteiger partial charge >= 0.3 is 0 Å². The maximum absolute atomic E-state index is 12.3. The van der Waals surface area contributed by atoms with E-state index >= 15 is 0 Å². The van der Waals surface area contributed by atoms with Gasteiger partial charge in [-0.1, -0.05) is 0 Å². The Labute approximate surface area is 121 Å². The van der Waals surface area contributed by atoms with Gasteiger partial charge < -0.3 is 15.5 Å². The van der Waals surface area contributed by atoms with Gasteiger partial charge in [0.15, 0.2) is 0 Å². The second-order valence-electron chi connectivity index (χ2n) is 4.34. The number of hydrogen-bond donors (Lipinski definition) is 1. The molecule has 5 nitrogen and oxygen atoms in total. The molecular weight excluding hydrogens is 310 g/mol. The van der Waals surface area contributed by atoms with Crippen molar-refractivity contribution in [1.29, 1.82) is 0 Å². The van der Waals surface area contributed by atoms with Gasteiger partial charge in [0.1, 0.15) is 0 Å². The molecule has 2 amide bonds. The summed E-state index contributed by atoms with van der Waals surface area (Å²) in [6.45, 7) is 2.39. The first-order chi connectivity index (χ1) is 8.86. The van der Waals surface area contributed by atoms with Crippen LogP contribution < -0.4 is 5.73 Å². The van der Waals surface area contributed by atoms with Crippen LogP contribution in [0.5, 0.6) is 0 Å². The fraction of sp³-hybridized carbons (Fsp3) is 0.385. The molecule has 0 aromatic heterocycles. The van der Waals surface area contributed by atoms with E-state index in [4.69, 9.17) is 5.73 Å². The van der Waals surface area contributed by atoms with E-state index in [9.17, 15) is 9.59 Å². The van der Waals surface area contributed by atoms with Crippen molar-refractivity contribution in [1.82, 2.24) is 9.80 Å². The second kappa shape index (κ2) is 6.56. The number of halogens is 1. The molecule has 1 aromatic carbocycles. The number of benzene rings is 1. The smallest absolute Gasteiger partial charge is 0.254 e. The van der Waals surface area contributed by atoms with Crippen LogP contribution in [-0.2, 0) is 4.79 Å². The Balaban J connectivity index is 2.89. The van der Waals surface area contributed by atoms with Crippen molar-refractivity contribution in [2.75, 3.05) is 32.9 Å². The van der Waals surface area contributed by atoms with Crippen LogP contribution in [0.25, 0.3) is 0 Å². The fourth-order valence-corrected chi connectivity index (χ4v) is 1.85. The summed E-state index contributed by atoms with van der Waals surface area (Å²) in [5.41, 5.74) is 6.77. The first-order valence-corrected chi connectivity index (χ1v) is 6.70. The first-order valence-electron chi connectivity index (χ1n) is 5.91. The quantitative estimate of drug-likeness (QED) is 0.854. The van der Waals surface area contributed by atoms with Gasteiger partial charge in [0, 0.05) is 36.4 Å². The molecule has 0 atom stereocenters. The molecule has 0 heterocycles. The lowest BCUT2D eigenvalue weighted by Crippen LogP contribution is -2.40. The molecule has 104 valence electrons. The van der Waals surface area contributed by atoms with Crippen LogP contribution in [0, 0.1) is 0 Å². The molecule has 0 unspecified atom stereocenters. The number of hydrogen-bond acceptors (Lipinski definition) is 3. The molecule has 0 saturated carbocycles. The van der Waals surface area contributed by atoms with Crippen molar-refractivity contribution < 1.29 is 9.59 Å². The van der Waals surface area contributed by atoms with Crippen LogP contribution in [0.2, 0.25) is 0 Å². The van der Waals surface area contributed by atoms with Crippen LogP contribution in [-0.4, -0.2) is 48.8 Å². The van der Waals surface area contributed by atoms with Crippen molar-refractivity contribution in [3.05, 3.63) is 28.2 Å². The van der Waals surface area contributed by atoms with Gasteiger partial charge in [-0.25, -0.2) is 0 Å². The summed E-state index contributed by atoms with van der Waals surface area (Å²) >= 11 is 3.29. The van der Waals surface area contributed by atoms with Gasteiger partial charge in [-0.15, -0.1) is 0 Å². The Bertz CT molecular complexity index is 489. The van der Waals surface area contributed by atoms with E-state index in [0.717, 1.165) is 0 Å². The van der Waals surface area contributed by atoms with E-state index in [2.05, 4.69) is 15.9 Å². The van der Waals surface area contributed by atoms with E-state index in [1.807, 2.05) is 6.92 Å².